The van der Waals surface area contributed by atoms with Gasteiger partial charge in [0.05, 0.1) is 5.56 Å². The standard InChI is InChI=1S/C22H24N4O2/c1-2-8-19(9-3-1)27-16-17-28-21-11-5-4-10-20(21)22(25-15-12-23-18-25)24-26-13-6-7-14-26/h1-5,8-12,15,18H,6-7,13-14,16-17H2. The average molecular weight is 376 g/mol. The highest BCUT2D eigenvalue weighted by Gasteiger charge is 2.16. The van der Waals surface area contributed by atoms with Crippen molar-refractivity contribution in [1.82, 2.24) is 14.6 Å². The van der Waals surface area contributed by atoms with Gasteiger partial charge in [0.15, 0.2) is 5.84 Å². The van der Waals surface area contributed by atoms with Crippen molar-refractivity contribution in [2.24, 2.45) is 5.10 Å². The van der Waals surface area contributed by atoms with Crippen molar-refractivity contribution < 1.29 is 9.47 Å². The average Bonchev–Trinajstić information content (AvgIpc) is 3.45. The molecule has 1 aliphatic rings. The third kappa shape index (κ3) is 4.52. The number of imidazole rings is 1. The Morgan fingerprint density at radius 2 is 1.68 bits per heavy atom. The fourth-order valence-electron chi connectivity index (χ4n) is 3.17. The minimum absolute atomic E-state index is 0.451. The van der Waals surface area contributed by atoms with Gasteiger partial charge in [0.1, 0.15) is 31.0 Å². The molecule has 0 amide bonds. The lowest BCUT2D eigenvalue weighted by Gasteiger charge is -2.17. The Morgan fingerprint density at radius 3 is 2.46 bits per heavy atom. The van der Waals surface area contributed by atoms with E-state index in [2.05, 4.69) is 9.99 Å². The first kappa shape index (κ1) is 18.1. The molecule has 3 aromatic rings. The summed E-state index contributed by atoms with van der Waals surface area (Å²) in [6.07, 6.45) is 7.79. The number of para-hydroxylation sites is 2. The molecule has 0 atom stereocenters. The Bertz CT molecular complexity index is 888. The lowest BCUT2D eigenvalue weighted by Crippen LogP contribution is -2.21. The molecule has 1 aliphatic heterocycles. The summed E-state index contributed by atoms with van der Waals surface area (Å²) in [6, 6.07) is 17.7. The van der Waals surface area contributed by atoms with Crippen molar-refractivity contribution in [3.05, 3.63) is 78.9 Å². The molecule has 1 saturated heterocycles. The largest absolute Gasteiger partial charge is 0.490 e. The molecule has 6 heteroatoms. The van der Waals surface area contributed by atoms with Crippen molar-refractivity contribution >= 4 is 5.84 Å². The molecule has 4 rings (SSSR count). The van der Waals surface area contributed by atoms with Crippen LogP contribution < -0.4 is 9.47 Å². The van der Waals surface area contributed by atoms with Gasteiger partial charge in [-0.05, 0) is 37.1 Å². The van der Waals surface area contributed by atoms with Gasteiger partial charge in [-0.15, -0.1) is 0 Å². The first-order valence-corrected chi connectivity index (χ1v) is 9.62. The van der Waals surface area contributed by atoms with Crippen LogP contribution in [-0.2, 0) is 0 Å². The molecule has 144 valence electrons. The number of hydrazone groups is 1. The SMILES string of the molecule is c1ccc(OCCOc2ccccc2C(=NN2CCCC2)n2ccnc2)cc1. The molecular formula is C22H24N4O2. The fraction of sp³-hybridized carbons (Fsp3) is 0.273. The Kier molecular flexibility index (Phi) is 5.87. The highest BCUT2D eigenvalue weighted by Crippen LogP contribution is 2.21. The minimum Gasteiger partial charge on any atom is -0.490 e. The van der Waals surface area contributed by atoms with Crippen molar-refractivity contribution in [3.8, 4) is 11.5 Å². The minimum atomic E-state index is 0.451. The van der Waals surface area contributed by atoms with E-state index in [1.807, 2.05) is 65.4 Å². The van der Waals surface area contributed by atoms with Crippen LogP contribution >= 0.6 is 0 Å². The predicted molar refractivity (Wildman–Crippen MR) is 109 cm³/mol. The van der Waals surface area contributed by atoms with Gasteiger partial charge in [0, 0.05) is 25.5 Å². The zero-order chi connectivity index (χ0) is 19.0. The number of nitrogens with zero attached hydrogens (tertiary/aromatic N) is 4. The number of benzene rings is 2. The van der Waals surface area contributed by atoms with Crippen molar-refractivity contribution in [3.63, 3.8) is 0 Å². The molecule has 2 aromatic carbocycles. The molecule has 0 unspecified atom stereocenters. The van der Waals surface area contributed by atoms with Gasteiger partial charge in [-0.25, -0.2) is 4.98 Å². The van der Waals surface area contributed by atoms with Crippen LogP contribution in [0.5, 0.6) is 11.5 Å². The van der Waals surface area contributed by atoms with Gasteiger partial charge in [0.25, 0.3) is 0 Å². The molecule has 2 heterocycles. The Balaban J connectivity index is 1.50. The van der Waals surface area contributed by atoms with Gasteiger partial charge >= 0.3 is 0 Å². The summed E-state index contributed by atoms with van der Waals surface area (Å²) in [5.41, 5.74) is 0.937. The molecule has 0 bridgehead atoms. The van der Waals surface area contributed by atoms with Crippen LogP contribution in [0.15, 0.2) is 78.4 Å². The number of ether oxygens (including phenoxy) is 2. The second-order valence-electron chi connectivity index (χ2n) is 6.56. The van der Waals surface area contributed by atoms with E-state index >= 15 is 0 Å². The molecule has 1 aromatic heterocycles. The van der Waals surface area contributed by atoms with Crippen LogP contribution in [0.2, 0.25) is 0 Å². The van der Waals surface area contributed by atoms with Crippen LogP contribution in [0.1, 0.15) is 18.4 Å². The van der Waals surface area contributed by atoms with Crippen molar-refractivity contribution in [2.75, 3.05) is 26.3 Å². The van der Waals surface area contributed by atoms with E-state index in [0.29, 0.717) is 13.2 Å². The quantitative estimate of drug-likeness (QED) is 0.359. The van der Waals surface area contributed by atoms with E-state index in [-0.39, 0.29) is 0 Å². The summed E-state index contributed by atoms with van der Waals surface area (Å²) in [4.78, 5) is 4.18. The Labute approximate surface area is 165 Å². The lowest BCUT2D eigenvalue weighted by molar-refractivity contribution is 0.217. The maximum atomic E-state index is 6.04. The van der Waals surface area contributed by atoms with Crippen LogP contribution in [0.3, 0.4) is 0 Å². The van der Waals surface area contributed by atoms with Gasteiger partial charge in [-0.2, -0.15) is 5.10 Å². The zero-order valence-corrected chi connectivity index (χ0v) is 15.8. The maximum absolute atomic E-state index is 6.04. The molecule has 0 spiro atoms. The molecule has 0 aliphatic carbocycles. The Hall–Kier alpha value is -3.28. The summed E-state index contributed by atoms with van der Waals surface area (Å²) in [5.74, 6) is 2.44. The smallest absolute Gasteiger partial charge is 0.169 e. The summed E-state index contributed by atoms with van der Waals surface area (Å²) in [7, 11) is 0. The summed E-state index contributed by atoms with van der Waals surface area (Å²) >= 11 is 0. The van der Waals surface area contributed by atoms with Crippen molar-refractivity contribution in [2.45, 2.75) is 12.8 Å². The number of aromatic nitrogens is 2. The molecule has 0 N–H and O–H groups in total. The summed E-state index contributed by atoms with van der Waals surface area (Å²) in [5, 5.41) is 7.00. The topological polar surface area (TPSA) is 51.9 Å². The fourth-order valence-corrected chi connectivity index (χ4v) is 3.17. The van der Waals surface area contributed by atoms with Crippen molar-refractivity contribution in [1.29, 1.82) is 0 Å². The van der Waals surface area contributed by atoms with E-state index in [1.54, 1.807) is 12.5 Å². The molecule has 28 heavy (non-hydrogen) atoms. The van der Waals surface area contributed by atoms with Crippen LogP contribution in [0, 0.1) is 0 Å². The third-order valence-electron chi connectivity index (χ3n) is 4.55. The van der Waals surface area contributed by atoms with E-state index in [0.717, 1.165) is 36.0 Å². The van der Waals surface area contributed by atoms with Gasteiger partial charge in [0.2, 0.25) is 0 Å². The number of hydrogen-bond acceptors (Lipinski definition) is 5. The summed E-state index contributed by atoms with van der Waals surface area (Å²) < 4.78 is 13.7. The van der Waals surface area contributed by atoms with E-state index < -0.39 is 0 Å². The van der Waals surface area contributed by atoms with E-state index in [9.17, 15) is 0 Å². The first-order chi connectivity index (χ1) is 13.9. The lowest BCUT2D eigenvalue weighted by atomic mass is 10.2. The number of hydrogen-bond donors (Lipinski definition) is 0. The predicted octanol–water partition coefficient (Wildman–Crippen LogP) is 3.65. The van der Waals surface area contributed by atoms with E-state index in [1.165, 1.54) is 12.8 Å². The molecule has 1 fully saturated rings. The molecular weight excluding hydrogens is 352 g/mol. The second kappa shape index (κ2) is 9.08. The van der Waals surface area contributed by atoms with Crippen LogP contribution in [-0.4, -0.2) is 46.7 Å². The van der Waals surface area contributed by atoms with Gasteiger partial charge in [-0.3, -0.25) is 9.58 Å². The first-order valence-electron chi connectivity index (χ1n) is 9.62. The molecule has 6 nitrogen and oxygen atoms in total. The van der Waals surface area contributed by atoms with Gasteiger partial charge in [-0.1, -0.05) is 30.3 Å². The summed E-state index contributed by atoms with van der Waals surface area (Å²) in [6.45, 7) is 2.88. The van der Waals surface area contributed by atoms with E-state index in [4.69, 9.17) is 14.6 Å². The Morgan fingerprint density at radius 1 is 0.929 bits per heavy atom. The second-order valence-corrected chi connectivity index (χ2v) is 6.56. The molecule has 0 saturated carbocycles. The maximum Gasteiger partial charge on any atom is 0.169 e. The van der Waals surface area contributed by atoms with Crippen LogP contribution in [0.4, 0.5) is 0 Å². The number of rotatable bonds is 7. The zero-order valence-electron chi connectivity index (χ0n) is 15.8. The highest BCUT2D eigenvalue weighted by molar-refractivity contribution is 6.02. The monoisotopic (exact) mass is 376 g/mol. The third-order valence-corrected chi connectivity index (χ3v) is 4.55. The highest BCUT2D eigenvalue weighted by atomic mass is 16.5. The normalized spacial score (nSPS) is 14.3. The van der Waals surface area contributed by atoms with Gasteiger partial charge < -0.3 is 9.47 Å². The molecule has 0 radical (unpaired) electrons. The van der Waals surface area contributed by atoms with Crippen LogP contribution in [0.25, 0.3) is 0 Å².